The molecule has 40 heavy (non-hydrogen) atoms. The molecule has 1 aliphatic heterocycles. The lowest BCUT2D eigenvalue weighted by Gasteiger charge is -2.43. The molecule has 2 fully saturated rings. The third-order valence-electron chi connectivity index (χ3n) is 7.34. The fraction of sp³-hybridized carbons (Fsp3) is 0.759. The number of carbonyl (C=O) groups is 3. The maximum Gasteiger partial charge on any atom is 0.407 e. The van der Waals surface area contributed by atoms with Gasteiger partial charge in [0.1, 0.15) is 17.6 Å². The van der Waals surface area contributed by atoms with Crippen LogP contribution in [0.2, 0.25) is 25.7 Å². The largest absolute Gasteiger partial charge is 0.450 e. The highest BCUT2D eigenvalue weighted by atomic mass is 28.3. The van der Waals surface area contributed by atoms with Gasteiger partial charge in [-0.1, -0.05) is 40.4 Å². The minimum Gasteiger partial charge on any atom is -0.450 e. The lowest BCUT2D eigenvalue weighted by molar-refractivity contribution is -0.132. The van der Waals surface area contributed by atoms with Crippen LogP contribution in [0.5, 0.6) is 0 Å². The van der Waals surface area contributed by atoms with Crippen LogP contribution in [0.1, 0.15) is 83.5 Å². The molecular formula is C29H50N6O4Si. The van der Waals surface area contributed by atoms with E-state index in [1.165, 1.54) is 0 Å². The molecule has 0 aromatic carbocycles. The minimum absolute atomic E-state index is 0.0629. The zero-order valence-corrected chi connectivity index (χ0v) is 26.9. The van der Waals surface area contributed by atoms with Crippen LogP contribution in [-0.2, 0) is 14.9 Å². The zero-order valence-electron chi connectivity index (χ0n) is 25.9. The molecule has 0 bridgehead atoms. The third kappa shape index (κ3) is 9.26. The molecule has 1 saturated carbocycles. The minimum atomic E-state index is -1.33. The first-order valence-electron chi connectivity index (χ1n) is 14.6. The van der Waals surface area contributed by atoms with E-state index in [0.717, 1.165) is 18.9 Å². The van der Waals surface area contributed by atoms with E-state index in [9.17, 15) is 14.4 Å². The van der Waals surface area contributed by atoms with Crippen molar-refractivity contribution in [2.45, 2.75) is 128 Å². The van der Waals surface area contributed by atoms with E-state index in [1.54, 1.807) is 12.3 Å². The molecule has 3 amide bonds. The van der Waals surface area contributed by atoms with Gasteiger partial charge in [-0.15, -0.1) is 0 Å². The lowest BCUT2D eigenvalue weighted by atomic mass is 9.84. The number of hydrogen-bond donors (Lipinski definition) is 3. The van der Waals surface area contributed by atoms with Gasteiger partial charge >= 0.3 is 6.09 Å². The molecule has 1 saturated heterocycles. The predicted octanol–water partition coefficient (Wildman–Crippen LogP) is 3.85. The quantitative estimate of drug-likeness (QED) is 0.403. The number of aromatic nitrogens is 2. The van der Waals surface area contributed by atoms with Crippen molar-refractivity contribution in [2.24, 2.45) is 0 Å². The van der Waals surface area contributed by atoms with Crippen molar-refractivity contribution < 1.29 is 19.1 Å². The van der Waals surface area contributed by atoms with E-state index < -0.39 is 20.2 Å². The Morgan fingerprint density at radius 2 is 1.77 bits per heavy atom. The van der Waals surface area contributed by atoms with Gasteiger partial charge in [-0.25, -0.2) is 14.8 Å². The molecule has 0 unspecified atom stereocenters. The van der Waals surface area contributed by atoms with Crippen molar-refractivity contribution in [2.75, 3.05) is 13.2 Å². The van der Waals surface area contributed by atoms with Crippen LogP contribution in [0, 0.1) is 0 Å². The second kappa shape index (κ2) is 12.5. The summed E-state index contributed by atoms with van der Waals surface area (Å²) in [4.78, 5) is 49.9. The fourth-order valence-corrected chi connectivity index (χ4v) is 6.03. The Hall–Kier alpha value is -2.53. The van der Waals surface area contributed by atoms with Gasteiger partial charge < -0.3 is 25.6 Å². The topological polar surface area (TPSA) is 126 Å². The maximum absolute atomic E-state index is 13.5. The van der Waals surface area contributed by atoms with Crippen molar-refractivity contribution >= 4 is 26.0 Å². The van der Waals surface area contributed by atoms with Gasteiger partial charge in [0.2, 0.25) is 5.91 Å². The second-order valence-corrected chi connectivity index (χ2v) is 20.2. The van der Waals surface area contributed by atoms with Crippen LogP contribution < -0.4 is 16.0 Å². The normalized spacial score (nSPS) is 24.1. The summed E-state index contributed by atoms with van der Waals surface area (Å²) in [6.07, 6.45) is 3.99. The van der Waals surface area contributed by atoms with Crippen molar-refractivity contribution in [1.29, 1.82) is 0 Å². The average Bonchev–Trinajstić information content (AvgIpc) is 3.16. The first-order chi connectivity index (χ1) is 18.4. The molecule has 224 valence electrons. The molecule has 0 spiro atoms. The summed E-state index contributed by atoms with van der Waals surface area (Å²) in [5, 5.41) is 9.63. The van der Waals surface area contributed by atoms with E-state index in [0.29, 0.717) is 31.8 Å². The Kier molecular flexibility index (Phi) is 10.0. The summed E-state index contributed by atoms with van der Waals surface area (Å²) in [6, 6.07) is 1.64. The Labute approximate surface area is 240 Å². The van der Waals surface area contributed by atoms with Crippen LogP contribution in [0.4, 0.5) is 4.79 Å². The molecule has 0 radical (unpaired) electrons. The number of nitrogens with zero attached hydrogens (tertiary/aromatic N) is 3. The molecule has 4 atom stereocenters. The van der Waals surface area contributed by atoms with E-state index in [2.05, 4.69) is 66.3 Å². The number of nitrogens with one attached hydrogen (secondary N) is 3. The summed E-state index contributed by atoms with van der Waals surface area (Å²) >= 11 is 0. The Bertz CT molecular complexity index is 1060. The molecule has 10 nitrogen and oxygen atoms in total. The molecule has 3 N–H and O–H groups in total. The van der Waals surface area contributed by atoms with Gasteiger partial charge in [0.15, 0.2) is 0 Å². The number of rotatable bonds is 8. The van der Waals surface area contributed by atoms with Crippen LogP contribution in [0.3, 0.4) is 0 Å². The number of hydrogen-bond acceptors (Lipinski definition) is 7. The van der Waals surface area contributed by atoms with Crippen LogP contribution >= 0.6 is 0 Å². The smallest absolute Gasteiger partial charge is 0.407 e. The number of alkyl carbamates (subject to hydrolysis) is 1. The van der Waals surface area contributed by atoms with Gasteiger partial charge in [-0.2, -0.15) is 0 Å². The van der Waals surface area contributed by atoms with Crippen molar-refractivity contribution in [3.8, 4) is 0 Å². The molecule has 2 heterocycles. The summed E-state index contributed by atoms with van der Waals surface area (Å²) in [5.74, 6) is 0.0715. The van der Waals surface area contributed by atoms with Crippen LogP contribution in [-0.4, -0.2) is 83.7 Å². The molecule has 3 rings (SSSR count). The van der Waals surface area contributed by atoms with E-state index in [1.807, 2.05) is 25.7 Å². The summed E-state index contributed by atoms with van der Waals surface area (Å²) < 4.78 is 5.54. The van der Waals surface area contributed by atoms with Crippen molar-refractivity contribution in [3.05, 3.63) is 23.8 Å². The SMILES string of the molecule is CC(C)(C)N[C@@H]1CC[C@H](N2CC[C@H](NC(=O)c3ccnc(C(C)(C)C)n3)C2=O)[C@H](NC(=O)OCC[Si](C)(C)C)C1. The predicted molar refractivity (Wildman–Crippen MR) is 159 cm³/mol. The van der Waals surface area contributed by atoms with Gasteiger partial charge in [0, 0.05) is 37.8 Å². The molecular weight excluding hydrogens is 524 g/mol. The number of ether oxygens (including phenoxy) is 1. The first kappa shape index (κ1) is 32.0. The van der Waals surface area contributed by atoms with E-state index >= 15 is 0 Å². The average molecular weight is 575 g/mol. The highest BCUT2D eigenvalue weighted by molar-refractivity contribution is 6.76. The van der Waals surface area contributed by atoms with Crippen LogP contribution in [0.25, 0.3) is 0 Å². The van der Waals surface area contributed by atoms with Gasteiger partial charge in [0.25, 0.3) is 5.91 Å². The van der Waals surface area contributed by atoms with Gasteiger partial charge in [-0.05, 0) is 58.6 Å². The van der Waals surface area contributed by atoms with Crippen molar-refractivity contribution in [1.82, 2.24) is 30.8 Å². The number of carbonyl (C=O) groups excluding carboxylic acids is 3. The summed E-state index contributed by atoms with van der Waals surface area (Å²) in [7, 11) is -1.33. The Morgan fingerprint density at radius 1 is 1.07 bits per heavy atom. The number of likely N-dealkylation sites (tertiary alicyclic amines) is 1. The van der Waals surface area contributed by atoms with Crippen LogP contribution in [0.15, 0.2) is 12.3 Å². The van der Waals surface area contributed by atoms with Crippen molar-refractivity contribution in [3.63, 3.8) is 0 Å². The lowest BCUT2D eigenvalue weighted by Crippen LogP contribution is -2.60. The molecule has 11 heteroatoms. The third-order valence-corrected chi connectivity index (χ3v) is 9.05. The van der Waals surface area contributed by atoms with Gasteiger partial charge in [0.05, 0.1) is 18.7 Å². The fourth-order valence-electron chi connectivity index (χ4n) is 5.31. The molecule has 2 aliphatic rings. The van der Waals surface area contributed by atoms with Gasteiger partial charge in [-0.3, -0.25) is 9.59 Å². The molecule has 1 aliphatic carbocycles. The highest BCUT2D eigenvalue weighted by Crippen LogP contribution is 2.29. The maximum atomic E-state index is 13.5. The van der Waals surface area contributed by atoms with E-state index in [4.69, 9.17) is 4.74 Å². The zero-order chi connectivity index (χ0) is 29.9. The molecule has 1 aromatic heterocycles. The highest BCUT2D eigenvalue weighted by Gasteiger charge is 2.43. The second-order valence-electron chi connectivity index (χ2n) is 14.5. The number of amides is 3. The summed E-state index contributed by atoms with van der Waals surface area (Å²) in [5.41, 5.74) is -0.109. The monoisotopic (exact) mass is 574 g/mol. The standard InChI is InChI=1S/C29H50N6O4Si/c1-28(2,3)26-30-14-12-20(32-26)24(36)31-21-13-15-35(25(21)37)23-11-10-19(34-29(4,5)6)18-22(23)33-27(38)39-16-17-40(7,8)9/h12,14,19,21-23,34H,10-11,13,15-18H2,1-9H3,(H,31,36)(H,33,38)/t19-,21+,22-,23+/m1/s1. The Morgan fingerprint density at radius 3 is 2.40 bits per heavy atom. The Balaban J connectivity index is 1.68. The first-order valence-corrected chi connectivity index (χ1v) is 18.3. The summed E-state index contributed by atoms with van der Waals surface area (Å²) in [6.45, 7) is 20.0. The molecule has 1 aromatic rings. The van der Waals surface area contributed by atoms with E-state index in [-0.39, 0.29) is 46.6 Å².